The zero-order valence-corrected chi connectivity index (χ0v) is 31.8. The first-order valence-corrected chi connectivity index (χ1v) is 19.3. The Labute approximate surface area is 315 Å². The number of alkyl carbamates (subject to hydrolysis) is 1. The van der Waals surface area contributed by atoms with Crippen molar-refractivity contribution < 1.29 is 19.1 Å². The Bertz CT molecular complexity index is 2160. The van der Waals surface area contributed by atoms with E-state index >= 15 is 0 Å². The number of pyridine rings is 1. The van der Waals surface area contributed by atoms with Crippen LogP contribution in [0.1, 0.15) is 90.0 Å². The number of nitrogens with two attached hydrogens (primary N) is 1. The summed E-state index contributed by atoms with van der Waals surface area (Å²) in [5.41, 5.74) is 11.7. The zero-order valence-electron chi connectivity index (χ0n) is 31.8. The minimum absolute atomic E-state index is 0.0118. The number of hydrogen-bond acceptors (Lipinski definition) is 8. The molecule has 0 bridgehead atoms. The first kappa shape index (κ1) is 37.0. The number of amides is 3. The summed E-state index contributed by atoms with van der Waals surface area (Å²) in [5.74, 6) is 1.42. The molecule has 5 N–H and O–H groups in total. The van der Waals surface area contributed by atoms with Gasteiger partial charge < -0.3 is 35.6 Å². The number of benzene rings is 2. The Hall–Kier alpha value is -5.30. The van der Waals surface area contributed by atoms with Crippen LogP contribution in [0.2, 0.25) is 0 Å². The van der Waals surface area contributed by atoms with Crippen molar-refractivity contribution in [2.45, 2.75) is 90.4 Å². The number of rotatable bonds is 11. The lowest BCUT2D eigenvalue weighted by atomic mass is 9.97. The van der Waals surface area contributed by atoms with Crippen molar-refractivity contribution in [2.75, 3.05) is 20.2 Å². The highest BCUT2D eigenvalue weighted by molar-refractivity contribution is 5.91. The van der Waals surface area contributed by atoms with Crippen LogP contribution in [0.4, 0.5) is 4.79 Å². The number of nitrogens with zero attached hydrogens (tertiary/aromatic N) is 5. The minimum atomic E-state index is -0.670. The zero-order chi connectivity index (χ0) is 38.1. The number of imidazole rings is 2. The smallest absolute Gasteiger partial charge is 0.407 e. The highest BCUT2D eigenvalue weighted by Crippen LogP contribution is 2.35. The lowest BCUT2D eigenvalue weighted by molar-refractivity contribution is -0.136. The Morgan fingerprint density at radius 1 is 0.833 bits per heavy atom. The lowest BCUT2D eigenvalue weighted by Gasteiger charge is -2.30. The molecule has 13 nitrogen and oxygen atoms in total. The lowest BCUT2D eigenvalue weighted by Crippen LogP contribution is -2.51. The van der Waals surface area contributed by atoms with Gasteiger partial charge in [0.25, 0.3) is 0 Å². The molecule has 3 amide bonds. The normalized spacial score (nSPS) is 19.6. The van der Waals surface area contributed by atoms with Gasteiger partial charge in [-0.15, -0.1) is 0 Å². The molecule has 54 heavy (non-hydrogen) atoms. The second kappa shape index (κ2) is 15.6. The maximum atomic E-state index is 13.7. The van der Waals surface area contributed by atoms with Crippen LogP contribution in [-0.2, 0) is 14.3 Å². The van der Waals surface area contributed by atoms with Gasteiger partial charge in [-0.05, 0) is 72.1 Å². The molecule has 2 aliphatic rings. The number of carbonyl (C=O) groups excluding carboxylic acids is 3. The van der Waals surface area contributed by atoms with Gasteiger partial charge in [0.05, 0.1) is 42.6 Å². The molecule has 7 rings (SSSR count). The molecule has 2 fully saturated rings. The number of carbonyl (C=O) groups is 3. The molecule has 5 aromatic rings. The molecule has 2 saturated heterocycles. The van der Waals surface area contributed by atoms with Crippen molar-refractivity contribution in [3.63, 3.8) is 0 Å². The highest BCUT2D eigenvalue weighted by Gasteiger charge is 2.38. The van der Waals surface area contributed by atoms with E-state index in [2.05, 4.69) is 69.7 Å². The van der Waals surface area contributed by atoms with E-state index in [0.29, 0.717) is 18.7 Å². The van der Waals surface area contributed by atoms with Crippen LogP contribution >= 0.6 is 0 Å². The van der Waals surface area contributed by atoms with Crippen LogP contribution in [0.5, 0.6) is 0 Å². The molecule has 3 aromatic heterocycles. The molecular formula is C41H51N9O4. The van der Waals surface area contributed by atoms with Gasteiger partial charge in [0.15, 0.2) is 5.65 Å². The van der Waals surface area contributed by atoms with E-state index in [4.69, 9.17) is 20.4 Å². The number of aromatic amines is 2. The Morgan fingerprint density at radius 2 is 1.48 bits per heavy atom. The van der Waals surface area contributed by atoms with Crippen LogP contribution in [0.25, 0.3) is 44.3 Å². The number of fused-ring (bicyclic) bond motifs is 2. The number of ether oxygens (including phenoxy) is 1. The molecule has 0 unspecified atom stereocenters. The van der Waals surface area contributed by atoms with E-state index in [9.17, 15) is 14.4 Å². The van der Waals surface area contributed by atoms with Gasteiger partial charge in [-0.25, -0.2) is 19.7 Å². The highest BCUT2D eigenvalue weighted by atomic mass is 16.5. The molecular weight excluding hydrogens is 683 g/mol. The number of likely N-dealkylation sites (tertiary alicyclic amines) is 2. The van der Waals surface area contributed by atoms with Crippen molar-refractivity contribution in [1.29, 1.82) is 0 Å². The van der Waals surface area contributed by atoms with E-state index in [0.717, 1.165) is 88.8 Å². The largest absolute Gasteiger partial charge is 0.453 e. The molecule has 5 heterocycles. The number of H-pyrrole nitrogens is 2. The van der Waals surface area contributed by atoms with Gasteiger partial charge >= 0.3 is 6.09 Å². The third-order valence-electron chi connectivity index (χ3n) is 11.6. The second-order valence-corrected chi connectivity index (χ2v) is 15.0. The molecule has 6 atom stereocenters. The monoisotopic (exact) mass is 733 g/mol. The predicted octanol–water partition coefficient (Wildman–Crippen LogP) is 6.64. The van der Waals surface area contributed by atoms with Crippen LogP contribution in [0.3, 0.4) is 0 Å². The number of nitrogens with one attached hydrogen (secondary N) is 3. The van der Waals surface area contributed by atoms with E-state index in [1.165, 1.54) is 7.11 Å². The summed E-state index contributed by atoms with van der Waals surface area (Å²) in [6.07, 6.45) is 8.05. The van der Waals surface area contributed by atoms with Crippen LogP contribution in [0.15, 0.2) is 54.9 Å². The van der Waals surface area contributed by atoms with Gasteiger partial charge in [-0.2, -0.15) is 0 Å². The summed E-state index contributed by atoms with van der Waals surface area (Å²) >= 11 is 0. The van der Waals surface area contributed by atoms with Crippen molar-refractivity contribution in [3.05, 3.63) is 66.5 Å². The summed E-state index contributed by atoms with van der Waals surface area (Å²) in [7, 11) is 1.30. The Balaban J connectivity index is 1.08. The molecule has 0 saturated carbocycles. The standard InChI is InChI=1S/C41H51N9O4/c1-6-23(3)34(42)39(51)49-16-9-11-33(49)38-45-30-20-29(21-43-36(30)48-38)27-13-12-26-19-28(15-14-25(26)18-27)31-22-44-37(46-31)32-10-8-17-50(32)40(52)35(24(4)7-2)47-41(53)54-5/h12-15,18-24,32-35H,6-11,16-17,42H2,1-5H3,(H,44,46)(H,47,53)(H,43,45,48)/t23-,24-,32+,33+,34+,35+/m1/s1. The molecule has 0 aliphatic carbocycles. The second-order valence-electron chi connectivity index (χ2n) is 15.0. The maximum Gasteiger partial charge on any atom is 0.407 e. The molecule has 13 heteroatoms. The first-order valence-electron chi connectivity index (χ1n) is 19.3. The van der Waals surface area contributed by atoms with Crippen LogP contribution in [0, 0.1) is 11.8 Å². The Morgan fingerprint density at radius 3 is 2.17 bits per heavy atom. The minimum Gasteiger partial charge on any atom is -0.453 e. The SMILES string of the molecule is CC[C@@H](C)[C@H](N)C(=O)N1CCC[C@H]1c1nc2ncc(-c3ccc4cc(-c5cnc([C@@H]6CCCN6C(=O)[C@@H](NC(=O)OC)[C@H](C)CC)[nH]5)ccc4c3)cc2[nH]1. The summed E-state index contributed by atoms with van der Waals surface area (Å²) in [4.78, 5) is 64.0. The molecule has 0 spiro atoms. The average molecular weight is 734 g/mol. The van der Waals surface area contributed by atoms with Crippen molar-refractivity contribution in [3.8, 4) is 22.4 Å². The van der Waals surface area contributed by atoms with Gasteiger partial charge in [0.2, 0.25) is 11.8 Å². The number of hydrogen-bond donors (Lipinski definition) is 4. The maximum absolute atomic E-state index is 13.7. The molecule has 284 valence electrons. The third-order valence-corrected chi connectivity index (χ3v) is 11.6. The van der Waals surface area contributed by atoms with E-state index in [1.807, 2.05) is 43.0 Å². The van der Waals surface area contributed by atoms with Crippen molar-refractivity contribution in [1.82, 2.24) is 40.0 Å². The van der Waals surface area contributed by atoms with Gasteiger partial charge in [0, 0.05) is 30.4 Å². The number of methoxy groups -OCH3 is 1. The quantitative estimate of drug-likeness (QED) is 0.117. The summed E-state index contributed by atoms with van der Waals surface area (Å²) in [6, 6.07) is 13.2. The number of aromatic nitrogens is 5. The summed E-state index contributed by atoms with van der Waals surface area (Å²) < 4.78 is 4.81. The average Bonchev–Trinajstić information content (AvgIpc) is 4.04. The fourth-order valence-electron chi connectivity index (χ4n) is 7.85. The van der Waals surface area contributed by atoms with E-state index < -0.39 is 18.2 Å². The van der Waals surface area contributed by atoms with E-state index in [-0.39, 0.29) is 35.7 Å². The van der Waals surface area contributed by atoms with Gasteiger partial charge in [-0.3, -0.25) is 9.59 Å². The van der Waals surface area contributed by atoms with Crippen molar-refractivity contribution in [2.24, 2.45) is 17.6 Å². The Kier molecular flexibility index (Phi) is 10.7. The first-order chi connectivity index (χ1) is 26.1. The fourth-order valence-corrected chi connectivity index (χ4v) is 7.85. The predicted molar refractivity (Wildman–Crippen MR) is 208 cm³/mol. The van der Waals surface area contributed by atoms with Crippen LogP contribution < -0.4 is 11.1 Å². The van der Waals surface area contributed by atoms with Gasteiger partial charge in [0.1, 0.15) is 17.7 Å². The summed E-state index contributed by atoms with van der Waals surface area (Å²) in [6.45, 7) is 9.33. The van der Waals surface area contributed by atoms with Crippen molar-refractivity contribution >= 4 is 39.8 Å². The molecule has 2 aromatic carbocycles. The third kappa shape index (κ3) is 7.16. The molecule has 2 aliphatic heterocycles. The summed E-state index contributed by atoms with van der Waals surface area (Å²) in [5, 5.41) is 4.92. The topological polar surface area (TPSA) is 175 Å². The van der Waals surface area contributed by atoms with Gasteiger partial charge in [-0.1, -0.05) is 64.8 Å². The van der Waals surface area contributed by atoms with E-state index in [1.54, 1.807) is 0 Å². The molecule has 0 radical (unpaired) electrons. The van der Waals surface area contributed by atoms with Crippen LogP contribution in [-0.4, -0.2) is 84.9 Å². The fraction of sp³-hybridized carbons (Fsp3) is 0.463.